The smallest absolute Gasteiger partial charge is 0.247 e. The SMILES string of the molecule is CCNCCc1nnc(C(C)(C)OC)o1. The van der Waals surface area contributed by atoms with Crippen molar-refractivity contribution in [2.45, 2.75) is 32.8 Å². The average Bonchev–Trinajstić information content (AvgIpc) is 2.68. The van der Waals surface area contributed by atoms with E-state index >= 15 is 0 Å². The molecule has 1 rings (SSSR count). The molecule has 86 valence electrons. The highest BCUT2D eigenvalue weighted by molar-refractivity contribution is 4.93. The summed E-state index contributed by atoms with van der Waals surface area (Å²) in [5.41, 5.74) is -0.510. The van der Waals surface area contributed by atoms with Crippen LogP contribution in [-0.2, 0) is 16.8 Å². The van der Waals surface area contributed by atoms with E-state index in [1.807, 2.05) is 13.8 Å². The second-order valence-electron chi connectivity index (χ2n) is 3.82. The third kappa shape index (κ3) is 3.28. The Morgan fingerprint density at radius 1 is 1.40 bits per heavy atom. The molecule has 0 radical (unpaired) electrons. The van der Waals surface area contributed by atoms with Gasteiger partial charge in [0.15, 0.2) is 0 Å². The summed E-state index contributed by atoms with van der Waals surface area (Å²) in [5, 5.41) is 11.1. The maximum Gasteiger partial charge on any atom is 0.247 e. The molecule has 0 aromatic carbocycles. The van der Waals surface area contributed by atoms with E-state index in [-0.39, 0.29) is 0 Å². The van der Waals surface area contributed by atoms with Gasteiger partial charge in [0.2, 0.25) is 11.8 Å². The lowest BCUT2D eigenvalue weighted by Crippen LogP contribution is -2.19. The Kier molecular flexibility index (Phi) is 4.23. The van der Waals surface area contributed by atoms with Crippen LogP contribution in [0.15, 0.2) is 4.42 Å². The van der Waals surface area contributed by atoms with Gasteiger partial charge in [-0.15, -0.1) is 10.2 Å². The zero-order valence-corrected chi connectivity index (χ0v) is 9.83. The molecule has 0 atom stereocenters. The van der Waals surface area contributed by atoms with E-state index in [4.69, 9.17) is 9.15 Å². The Morgan fingerprint density at radius 3 is 2.73 bits per heavy atom. The third-order valence-corrected chi connectivity index (χ3v) is 2.26. The van der Waals surface area contributed by atoms with Gasteiger partial charge < -0.3 is 14.5 Å². The van der Waals surface area contributed by atoms with E-state index in [1.54, 1.807) is 7.11 Å². The molecule has 15 heavy (non-hydrogen) atoms. The van der Waals surface area contributed by atoms with Crippen LogP contribution >= 0.6 is 0 Å². The van der Waals surface area contributed by atoms with Gasteiger partial charge in [-0.2, -0.15) is 0 Å². The van der Waals surface area contributed by atoms with Crippen LogP contribution in [0.25, 0.3) is 0 Å². The van der Waals surface area contributed by atoms with Gasteiger partial charge in [-0.1, -0.05) is 6.92 Å². The van der Waals surface area contributed by atoms with Crippen LogP contribution in [0.3, 0.4) is 0 Å². The summed E-state index contributed by atoms with van der Waals surface area (Å²) >= 11 is 0. The van der Waals surface area contributed by atoms with Crippen molar-refractivity contribution in [2.75, 3.05) is 20.2 Å². The zero-order valence-electron chi connectivity index (χ0n) is 9.83. The Labute approximate surface area is 90.2 Å². The molecule has 1 heterocycles. The molecular formula is C10H19N3O2. The minimum Gasteiger partial charge on any atom is -0.422 e. The van der Waals surface area contributed by atoms with Crippen molar-refractivity contribution in [2.24, 2.45) is 0 Å². The molecule has 0 aliphatic heterocycles. The number of likely N-dealkylation sites (N-methyl/N-ethyl adjacent to an activating group) is 1. The Hall–Kier alpha value is -0.940. The molecule has 1 N–H and O–H groups in total. The molecule has 5 heteroatoms. The van der Waals surface area contributed by atoms with Gasteiger partial charge in [-0.25, -0.2) is 0 Å². The first-order valence-electron chi connectivity index (χ1n) is 5.19. The van der Waals surface area contributed by atoms with Crippen molar-refractivity contribution in [1.29, 1.82) is 0 Å². The topological polar surface area (TPSA) is 60.2 Å². The number of aromatic nitrogens is 2. The third-order valence-electron chi connectivity index (χ3n) is 2.26. The normalized spacial score (nSPS) is 12.0. The summed E-state index contributed by atoms with van der Waals surface area (Å²) < 4.78 is 10.7. The fourth-order valence-electron chi connectivity index (χ4n) is 1.06. The first-order valence-corrected chi connectivity index (χ1v) is 5.19. The second-order valence-corrected chi connectivity index (χ2v) is 3.82. The van der Waals surface area contributed by atoms with Crippen molar-refractivity contribution >= 4 is 0 Å². The lowest BCUT2D eigenvalue weighted by atomic mass is 10.1. The fourth-order valence-corrected chi connectivity index (χ4v) is 1.06. The number of nitrogens with zero attached hydrogens (tertiary/aromatic N) is 2. The van der Waals surface area contributed by atoms with Crippen LogP contribution in [0.5, 0.6) is 0 Å². The number of rotatable bonds is 6. The van der Waals surface area contributed by atoms with Crippen LogP contribution in [-0.4, -0.2) is 30.4 Å². The van der Waals surface area contributed by atoms with E-state index in [0.29, 0.717) is 11.8 Å². The average molecular weight is 213 g/mol. The molecule has 0 saturated carbocycles. The number of methoxy groups -OCH3 is 1. The van der Waals surface area contributed by atoms with Crippen LogP contribution in [0.1, 0.15) is 32.6 Å². The van der Waals surface area contributed by atoms with Crippen molar-refractivity contribution in [3.8, 4) is 0 Å². The van der Waals surface area contributed by atoms with Crippen molar-refractivity contribution < 1.29 is 9.15 Å². The largest absolute Gasteiger partial charge is 0.422 e. The molecule has 0 amide bonds. The summed E-state index contributed by atoms with van der Waals surface area (Å²) in [6, 6.07) is 0. The molecule has 0 saturated heterocycles. The maximum atomic E-state index is 5.50. The highest BCUT2D eigenvalue weighted by Gasteiger charge is 2.26. The highest BCUT2D eigenvalue weighted by atomic mass is 16.5. The van der Waals surface area contributed by atoms with Crippen LogP contribution < -0.4 is 5.32 Å². The number of hydrogen-bond acceptors (Lipinski definition) is 5. The van der Waals surface area contributed by atoms with E-state index in [0.717, 1.165) is 19.5 Å². The Bertz CT molecular complexity index is 297. The number of hydrogen-bond donors (Lipinski definition) is 1. The standard InChI is InChI=1S/C10H19N3O2/c1-5-11-7-6-8-12-13-9(15-8)10(2,3)14-4/h11H,5-7H2,1-4H3. The lowest BCUT2D eigenvalue weighted by molar-refractivity contribution is -0.00451. The van der Waals surface area contributed by atoms with E-state index in [9.17, 15) is 0 Å². The molecule has 0 bridgehead atoms. The summed E-state index contributed by atoms with van der Waals surface area (Å²) in [7, 11) is 1.63. The molecule has 5 nitrogen and oxygen atoms in total. The summed E-state index contributed by atoms with van der Waals surface area (Å²) in [6.07, 6.45) is 0.751. The van der Waals surface area contributed by atoms with E-state index in [1.165, 1.54) is 0 Å². The molecular weight excluding hydrogens is 194 g/mol. The first-order chi connectivity index (χ1) is 7.10. The van der Waals surface area contributed by atoms with Crippen molar-refractivity contribution in [3.05, 3.63) is 11.8 Å². The molecule has 0 fully saturated rings. The first kappa shape index (κ1) is 12.1. The Morgan fingerprint density at radius 2 is 2.13 bits per heavy atom. The van der Waals surface area contributed by atoms with Gasteiger partial charge in [0.05, 0.1) is 0 Å². The monoisotopic (exact) mass is 213 g/mol. The van der Waals surface area contributed by atoms with Gasteiger partial charge in [-0.05, 0) is 20.4 Å². The number of ether oxygens (including phenoxy) is 1. The molecule has 0 aliphatic carbocycles. The summed E-state index contributed by atoms with van der Waals surface area (Å²) in [4.78, 5) is 0. The molecule has 1 aromatic rings. The molecule has 0 spiro atoms. The van der Waals surface area contributed by atoms with Gasteiger partial charge in [-0.3, -0.25) is 0 Å². The summed E-state index contributed by atoms with van der Waals surface area (Å²) in [5.74, 6) is 1.17. The summed E-state index contributed by atoms with van der Waals surface area (Å²) in [6.45, 7) is 7.66. The van der Waals surface area contributed by atoms with E-state index < -0.39 is 5.60 Å². The lowest BCUT2D eigenvalue weighted by Gasteiger charge is -2.17. The predicted molar refractivity (Wildman–Crippen MR) is 56.6 cm³/mol. The van der Waals surface area contributed by atoms with Crippen LogP contribution in [0.2, 0.25) is 0 Å². The predicted octanol–water partition coefficient (Wildman–Crippen LogP) is 1.10. The Balaban J connectivity index is 2.56. The second kappa shape index (κ2) is 5.23. The zero-order chi connectivity index (χ0) is 11.3. The van der Waals surface area contributed by atoms with Gasteiger partial charge >= 0.3 is 0 Å². The van der Waals surface area contributed by atoms with Crippen molar-refractivity contribution in [3.63, 3.8) is 0 Å². The fraction of sp³-hybridized carbons (Fsp3) is 0.800. The molecule has 1 aromatic heterocycles. The quantitative estimate of drug-likeness (QED) is 0.717. The van der Waals surface area contributed by atoms with Crippen LogP contribution in [0.4, 0.5) is 0 Å². The minimum atomic E-state index is -0.510. The van der Waals surface area contributed by atoms with Crippen molar-refractivity contribution in [1.82, 2.24) is 15.5 Å². The molecule has 0 unspecified atom stereocenters. The number of nitrogens with one attached hydrogen (secondary N) is 1. The van der Waals surface area contributed by atoms with E-state index in [2.05, 4.69) is 22.4 Å². The van der Waals surface area contributed by atoms with Gasteiger partial charge in [0, 0.05) is 20.1 Å². The van der Waals surface area contributed by atoms with Gasteiger partial charge in [0.1, 0.15) is 5.60 Å². The highest BCUT2D eigenvalue weighted by Crippen LogP contribution is 2.21. The minimum absolute atomic E-state index is 0.510. The maximum absolute atomic E-state index is 5.50. The van der Waals surface area contributed by atoms with Crippen LogP contribution in [0, 0.1) is 0 Å². The molecule has 0 aliphatic rings. The van der Waals surface area contributed by atoms with Gasteiger partial charge in [0.25, 0.3) is 0 Å².